The molecular weight excluding hydrogens is 196 g/mol. The van der Waals surface area contributed by atoms with Gasteiger partial charge >= 0.3 is 0 Å². The first-order valence-electron chi connectivity index (χ1n) is 6.47. The minimum absolute atomic E-state index is 0.699. The van der Waals surface area contributed by atoms with Gasteiger partial charge in [0.2, 0.25) is 0 Å². The highest BCUT2D eigenvalue weighted by atomic mass is 15.2. The molecule has 1 saturated heterocycles. The van der Waals surface area contributed by atoms with Crippen molar-refractivity contribution in [1.82, 2.24) is 5.32 Å². The SMILES string of the molecule is CCc1ccc2c(c1)CC1CNCCCN21. The van der Waals surface area contributed by atoms with Gasteiger partial charge in [-0.1, -0.05) is 19.1 Å². The lowest BCUT2D eigenvalue weighted by molar-refractivity contribution is 0.613. The molecule has 0 amide bonds. The number of nitrogens with zero attached hydrogens (tertiary/aromatic N) is 1. The van der Waals surface area contributed by atoms with Gasteiger partial charge in [-0.3, -0.25) is 0 Å². The Morgan fingerprint density at radius 3 is 3.25 bits per heavy atom. The van der Waals surface area contributed by atoms with E-state index in [1.54, 1.807) is 5.56 Å². The highest BCUT2D eigenvalue weighted by Gasteiger charge is 2.29. The number of benzene rings is 1. The van der Waals surface area contributed by atoms with Gasteiger partial charge < -0.3 is 10.2 Å². The number of anilines is 1. The summed E-state index contributed by atoms with van der Waals surface area (Å²) < 4.78 is 0. The van der Waals surface area contributed by atoms with Crippen molar-refractivity contribution in [2.24, 2.45) is 0 Å². The van der Waals surface area contributed by atoms with Gasteiger partial charge in [0, 0.05) is 24.8 Å². The molecule has 2 nitrogen and oxygen atoms in total. The van der Waals surface area contributed by atoms with Gasteiger partial charge in [0.05, 0.1) is 0 Å². The monoisotopic (exact) mass is 216 g/mol. The second-order valence-corrected chi connectivity index (χ2v) is 4.93. The Hall–Kier alpha value is -1.02. The van der Waals surface area contributed by atoms with Gasteiger partial charge in [-0.25, -0.2) is 0 Å². The van der Waals surface area contributed by atoms with Crippen molar-refractivity contribution >= 4 is 5.69 Å². The summed E-state index contributed by atoms with van der Waals surface area (Å²) >= 11 is 0. The molecule has 0 radical (unpaired) electrons. The normalized spacial score (nSPS) is 23.8. The number of rotatable bonds is 1. The second-order valence-electron chi connectivity index (χ2n) is 4.93. The maximum Gasteiger partial charge on any atom is 0.0455 e. The molecule has 1 fully saturated rings. The minimum atomic E-state index is 0.699. The smallest absolute Gasteiger partial charge is 0.0455 e. The van der Waals surface area contributed by atoms with Gasteiger partial charge in [-0.2, -0.15) is 0 Å². The van der Waals surface area contributed by atoms with Crippen LogP contribution in [0.3, 0.4) is 0 Å². The Labute approximate surface area is 97.6 Å². The summed E-state index contributed by atoms with van der Waals surface area (Å²) in [5.41, 5.74) is 4.53. The van der Waals surface area contributed by atoms with Crippen molar-refractivity contribution in [3.8, 4) is 0 Å². The first kappa shape index (κ1) is 10.2. The van der Waals surface area contributed by atoms with Crippen molar-refractivity contribution < 1.29 is 0 Å². The maximum atomic E-state index is 3.54. The van der Waals surface area contributed by atoms with Crippen LogP contribution in [0.25, 0.3) is 0 Å². The van der Waals surface area contributed by atoms with E-state index in [2.05, 4.69) is 35.3 Å². The molecule has 0 aromatic heterocycles. The molecule has 1 aromatic carbocycles. The summed E-state index contributed by atoms with van der Waals surface area (Å²) in [7, 11) is 0. The standard InChI is InChI=1S/C14H20N2/c1-2-11-4-5-14-12(8-11)9-13-10-15-6-3-7-16(13)14/h4-5,8,13,15H,2-3,6-7,9-10H2,1H3. The summed E-state index contributed by atoms with van der Waals surface area (Å²) in [5, 5.41) is 3.54. The van der Waals surface area contributed by atoms with Crippen molar-refractivity contribution in [1.29, 1.82) is 0 Å². The van der Waals surface area contributed by atoms with Crippen LogP contribution in [0.4, 0.5) is 5.69 Å². The number of aryl methyl sites for hydroxylation is 1. The third-order valence-electron chi connectivity index (χ3n) is 3.89. The van der Waals surface area contributed by atoms with Crippen LogP contribution < -0.4 is 10.2 Å². The van der Waals surface area contributed by atoms with Crippen molar-refractivity contribution in [2.45, 2.75) is 32.2 Å². The zero-order valence-electron chi connectivity index (χ0n) is 10.00. The predicted octanol–water partition coefficient (Wildman–Crippen LogP) is 1.97. The minimum Gasteiger partial charge on any atom is -0.367 e. The fourth-order valence-electron chi connectivity index (χ4n) is 2.99. The molecule has 3 rings (SSSR count). The van der Waals surface area contributed by atoms with Gasteiger partial charge in [-0.15, -0.1) is 0 Å². The Bertz CT molecular complexity index is 386. The molecule has 16 heavy (non-hydrogen) atoms. The van der Waals surface area contributed by atoms with Gasteiger partial charge in [0.1, 0.15) is 0 Å². The fourth-order valence-corrected chi connectivity index (χ4v) is 2.99. The molecule has 0 aliphatic carbocycles. The van der Waals surface area contributed by atoms with E-state index in [9.17, 15) is 0 Å². The molecule has 0 spiro atoms. The van der Waals surface area contributed by atoms with Crippen LogP contribution in [0.2, 0.25) is 0 Å². The molecule has 2 heterocycles. The Morgan fingerprint density at radius 1 is 1.44 bits per heavy atom. The maximum absolute atomic E-state index is 3.54. The van der Waals surface area contributed by atoms with Gasteiger partial charge in [0.25, 0.3) is 0 Å². The molecule has 1 atom stereocenters. The molecule has 0 saturated carbocycles. The van der Waals surface area contributed by atoms with E-state index in [4.69, 9.17) is 0 Å². The number of hydrogen-bond acceptors (Lipinski definition) is 2. The molecule has 86 valence electrons. The number of fused-ring (bicyclic) bond motifs is 3. The van der Waals surface area contributed by atoms with Crippen LogP contribution >= 0.6 is 0 Å². The largest absolute Gasteiger partial charge is 0.367 e. The van der Waals surface area contributed by atoms with Crippen LogP contribution in [-0.4, -0.2) is 25.7 Å². The highest BCUT2D eigenvalue weighted by Crippen LogP contribution is 2.33. The summed E-state index contributed by atoms with van der Waals surface area (Å²) in [6, 6.07) is 7.73. The molecule has 2 aliphatic rings. The first-order valence-corrected chi connectivity index (χ1v) is 6.47. The molecule has 1 N–H and O–H groups in total. The Kier molecular flexibility index (Phi) is 2.60. The average molecular weight is 216 g/mol. The zero-order chi connectivity index (χ0) is 11.0. The van der Waals surface area contributed by atoms with Gasteiger partial charge in [0.15, 0.2) is 0 Å². The molecule has 2 heteroatoms. The first-order chi connectivity index (χ1) is 7.88. The summed E-state index contributed by atoms with van der Waals surface area (Å²) in [6.07, 6.45) is 3.65. The third-order valence-corrected chi connectivity index (χ3v) is 3.89. The van der Waals surface area contributed by atoms with Crippen LogP contribution in [0.1, 0.15) is 24.5 Å². The molecule has 1 aromatic rings. The molecule has 0 bridgehead atoms. The van der Waals surface area contributed by atoms with Crippen LogP contribution in [0, 0.1) is 0 Å². The summed E-state index contributed by atoms with van der Waals surface area (Å²) in [5.74, 6) is 0. The molecule has 1 unspecified atom stereocenters. The van der Waals surface area contributed by atoms with Crippen LogP contribution in [-0.2, 0) is 12.8 Å². The average Bonchev–Trinajstić information content (AvgIpc) is 2.50. The third kappa shape index (κ3) is 1.61. The second kappa shape index (κ2) is 4.10. The van der Waals surface area contributed by atoms with E-state index in [0.717, 1.165) is 13.0 Å². The highest BCUT2D eigenvalue weighted by molar-refractivity contribution is 5.60. The van der Waals surface area contributed by atoms with E-state index in [1.165, 1.54) is 37.2 Å². The van der Waals surface area contributed by atoms with Gasteiger partial charge in [-0.05, 0) is 43.0 Å². The summed E-state index contributed by atoms with van der Waals surface area (Å²) in [4.78, 5) is 2.61. The van der Waals surface area contributed by atoms with Crippen molar-refractivity contribution in [3.05, 3.63) is 29.3 Å². The van der Waals surface area contributed by atoms with E-state index in [-0.39, 0.29) is 0 Å². The number of hydrogen-bond donors (Lipinski definition) is 1. The lowest BCUT2D eigenvalue weighted by atomic mass is 10.1. The lowest BCUT2D eigenvalue weighted by Crippen LogP contribution is -2.36. The zero-order valence-corrected chi connectivity index (χ0v) is 10.00. The fraction of sp³-hybridized carbons (Fsp3) is 0.571. The quantitative estimate of drug-likeness (QED) is 0.772. The Balaban J connectivity index is 1.93. The summed E-state index contributed by atoms with van der Waals surface area (Å²) in [6.45, 7) is 5.78. The van der Waals surface area contributed by atoms with Crippen molar-refractivity contribution in [3.63, 3.8) is 0 Å². The topological polar surface area (TPSA) is 15.3 Å². The van der Waals surface area contributed by atoms with E-state index in [0.29, 0.717) is 6.04 Å². The van der Waals surface area contributed by atoms with E-state index < -0.39 is 0 Å². The molecular formula is C14H20N2. The van der Waals surface area contributed by atoms with E-state index in [1.807, 2.05) is 0 Å². The predicted molar refractivity (Wildman–Crippen MR) is 68.1 cm³/mol. The van der Waals surface area contributed by atoms with E-state index >= 15 is 0 Å². The van der Waals surface area contributed by atoms with Crippen LogP contribution in [0.15, 0.2) is 18.2 Å². The van der Waals surface area contributed by atoms with Crippen molar-refractivity contribution in [2.75, 3.05) is 24.5 Å². The Morgan fingerprint density at radius 2 is 2.38 bits per heavy atom. The van der Waals surface area contributed by atoms with Crippen LogP contribution in [0.5, 0.6) is 0 Å². The molecule has 2 aliphatic heterocycles. The lowest BCUT2D eigenvalue weighted by Gasteiger charge is -2.24. The number of nitrogens with one attached hydrogen (secondary N) is 1.